The Morgan fingerprint density at radius 3 is 2.50 bits per heavy atom. The third-order valence-corrected chi connectivity index (χ3v) is 4.73. The first-order valence-corrected chi connectivity index (χ1v) is 8.00. The lowest BCUT2D eigenvalue weighted by atomic mass is 10.1. The van der Waals surface area contributed by atoms with Gasteiger partial charge in [0.05, 0.1) is 10.5 Å². The standard InChI is InChI=1S/C13H18N2O4S/c1-10-5-6-11(9-12(10)13(16)17)20(18,19)14-15-7-3-2-4-8-15/h5-6,9,14H,2-4,7-8H2,1H3,(H,16,17). The van der Waals surface area contributed by atoms with Gasteiger partial charge in [-0.05, 0) is 37.5 Å². The van der Waals surface area contributed by atoms with Crippen LogP contribution in [-0.2, 0) is 10.0 Å². The summed E-state index contributed by atoms with van der Waals surface area (Å²) < 4.78 is 24.5. The lowest BCUT2D eigenvalue weighted by Gasteiger charge is -2.26. The van der Waals surface area contributed by atoms with Gasteiger partial charge in [0, 0.05) is 13.1 Å². The number of hydrogen-bond acceptors (Lipinski definition) is 4. The minimum atomic E-state index is -3.72. The summed E-state index contributed by atoms with van der Waals surface area (Å²) in [7, 11) is -3.72. The summed E-state index contributed by atoms with van der Waals surface area (Å²) in [5.74, 6) is -1.13. The second-order valence-corrected chi connectivity index (χ2v) is 6.59. The molecule has 20 heavy (non-hydrogen) atoms. The molecule has 1 saturated heterocycles. The second-order valence-electron chi connectivity index (χ2n) is 4.92. The third kappa shape index (κ3) is 3.36. The average molecular weight is 298 g/mol. The van der Waals surface area contributed by atoms with Crippen LogP contribution in [0.5, 0.6) is 0 Å². The number of hydrogen-bond donors (Lipinski definition) is 2. The van der Waals surface area contributed by atoms with Crippen LogP contribution in [0.1, 0.15) is 35.2 Å². The molecule has 7 heteroatoms. The fourth-order valence-electron chi connectivity index (χ4n) is 2.21. The molecule has 1 fully saturated rings. The van der Waals surface area contributed by atoms with Crippen molar-refractivity contribution in [2.24, 2.45) is 0 Å². The van der Waals surface area contributed by atoms with Crippen molar-refractivity contribution in [3.05, 3.63) is 29.3 Å². The van der Waals surface area contributed by atoms with Crippen molar-refractivity contribution in [2.75, 3.05) is 13.1 Å². The molecule has 0 aromatic heterocycles. The van der Waals surface area contributed by atoms with Gasteiger partial charge < -0.3 is 5.11 Å². The first-order valence-electron chi connectivity index (χ1n) is 6.51. The van der Waals surface area contributed by atoms with Crippen LogP contribution in [0.2, 0.25) is 0 Å². The zero-order valence-corrected chi connectivity index (χ0v) is 12.1. The number of carbonyl (C=O) groups is 1. The van der Waals surface area contributed by atoms with Crippen molar-refractivity contribution < 1.29 is 18.3 Å². The van der Waals surface area contributed by atoms with E-state index in [1.54, 1.807) is 11.9 Å². The Morgan fingerprint density at radius 2 is 1.90 bits per heavy atom. The molecule has 1 aliphatic rings. The quantitative estimate of drug-likeness (QED) is 0.876. The van der Waals surface area contributed by atoms with Crippen molar-refractivity contribution in [2.45, 2.75) is 31.1 Å². The summed E-state index contributed by atoms with van der Waals surface area (Å²) in [6.45, 7) is 2.99. The molecule has 1 aromatic carbocycles. The van der Waals surface area contributed by atoms with E-state index in [0.29, 0.717) is 18.7 Å². The van der Waals surface area contributed by atoms with Crippen LogP contribution in [0.15, 0.2) is 23.1 Å². The highest BCUT2D eigenvalue weighted by molar-refractivity contribution is 7.89. The minimum Gasteiger partial charge on any atom is -0.478 e. The monoisotopic (exact) mass is 298 g/mol. The van der Waals surface area contributed by atoms with Crippen LogP contribution in [0.25, 0.3) is 0 Å². The van der Waals surface area contributed by atoms with Crippen LogP contribution in [-0.4, -0.2) is 37.6 Å². The van der Waals surface area contributed by atoms with Gasteiger partial charge in [-0.15, -0.1) is 4.83 Å². The topological polar surface area (TPSA) is 86.7 Å². The molecule has 0 unspecified atom stereocenters. The number of benzene rings is 1. The van der Waals surface area contributed by atoms with Gasteiger partial charge in [0.25, 0.3) is 10.0 Å². The van der Waals surface area contributed by atoms with Crippen LogP contribution in [0, 0.1) is 6.92 Å². The summed E-state index contributed by atoms with van der Waals surface area (Å²) in [5.41, 5.74) is 0.543. The van der Waals surface area contributed by atoms with E-state index in [1.165, 1.54) is 18.2 Å². The molecule has 0 aliphatic carbocycles. The SMILES string of the molecule is Cc1ccc(S(=O)(=O)NN2CCCCC2)cc1C(=O)O. The first-order chi connectivity index (χ1) is 9.40. The van der Waals surface area contributed by atoms with E-state index in [9.17, 15) is 13.2 Å². The van der Waals surface area contributed by atoms with Crippen LogP contribution in [0.3, 0.4) is 0 Å². The smallest absolute Gasteiger partial charge is 0.335 e. The zero-order valence-electron chi connectivity index (χ0n) is 11.3. The minimum absolute atomic E-state index is 0.00604. The molecule has 1 aliphatic heterocycles. The van der Waals surface area contributed by atoms with E-state index in [4.69, 9.17) is 5.11 Å². The lowest BCUT2D eigenvalue weighted by molar-refractivity contribution is 0.0696. The maximum atomic E-state index is 12.2. The summed E-state index contributed by atoms with van der Waals surface area (Å²) >= 11 is 0. The molecule has 0 spiro atoms. The predicted molar refractivity (Wildman–Crippen MR) is 73.9 cm³/mol. The lowest BCUT2D eigenvalue weighted by Crippen LogP contribution is -2.44. The van der Waals surface area contributed by atoms with E-state index >= 15 is 0 Å². The number of nitrogens with zero attached hydrogens (tertiary/aromatic N) is 1. The Balaban J connectivity index is 2.24. The van der Waals surface area contributed by atoms with Gasteiger partial charge >= 0.3 is 5.97 Å². The highest BCUT2D eigenvalue weighted by Crippen LogP contribution is 2.17. The molecular weight excluding hydrogens is 280 g/mol. The number of aryl methyl sites for hydroxylation is 1. The van der Waals surface area contributed by atoms with Gasteiger partial charge in [0.15, 0.2) is 0 Å². The van der Waals surface area contributed by atoms with Gasteiger partial charge in [0.2, 0.25) is 0 Å². The number of sulfonamides is 1. The molecule has 1 aromatic rings. The second kappa shape index (κ2) is 5.90. The summed E-state index contributed by atoms with van der Waals surface area (Å²) in [4.78, 5) is 13.6. The van der Waals surface area contributed by atoms with Gasteiger partial charge in [0.1, 0.15) is 0 Å². The fourth-order valence-corrected chi connectivity index (χ4v) is 3.35. The van der Waals surface area contributed by atoms with Crippen LogP contribution >= 0.6 is 0 Å². The number of piperidine rings is 1. The van der Waals surface area contributed by atoms with E-state index in [2.05, 4.69) is 4.83 Å². The van der Waals surface area contributed by atoms with Crippen molar-refractivity contribution in [3.8, 4) is 0 Å². The highest BCUT2D eigenvalue weighted by atomic mass is 32.2. The summed E-state index contributed by atoms with van der Waals surface area (Å²) in [6.07, 6.45) is 3.01. The average Bonchev–Trinajstić information content (AvgIpc) is 2.39. The van der Waals surface area contributed by atoms with E-state index in [0.717, 1.165) is 19.3 Å². The molecular formula is C13H18N2O4S. The molecule has 0 radical (unpaired) electrons. The summed E-state index contributed by atoms with van der Waals surface area (Å²) in [6, 6.07) is 4.13. The Morgan fingerprint density at radius 1 is 1.25 bits per heavy atom. The largest absolute Gasteiger partial charge is 0.478 e. The normalized spacial score (nSPS) is 17.1. The Hall–Kier alpha value is -1.44. The Labute approximate surface area is 118 Å². The van der Waals surface area contributed by atoms with Gasteiger partial charge in [-0.2, -0.15) is 0 Å². The molecule has 0 saturated carbocycles. The van der Waals surface area contributed by atoms with E-state index in [-0.39, 0.29) is 10.5 Å². The number of aromatic carboxylic acids is 1. The van der Waals surface area contributed by atoms with E-state index < -0.39 is 16.0 Å². The van der Waals surface area contributed by atoms with Crippen LogP contribution in [0.4, 0.5) is 0 Å². The van der Waals surface area contributed by atoms with E-state index in [1.807, 2.05) is 0 Å². The molecule has 1 heterocycles. The number of rotatable bonds is 4. The fraction of sp³-hybridized carbons (Fsp3) is 0.462. The van der Waals surface area contributed by atoms with Crippen molar-refractivity contribution >= 4 is 16.0 Å². The molecule has 6 nitrogen and oxygen atoms in total. The van der Waals surface area contributed by atoms with Crippen LogP contribution < -0.4 is 4.83 Å². The predicted octanol–water partition coefficient (Wildman–Crippen LogP) is 1.37. The van der Waals surface area contributed by atoms with Gasteiger partial charge in [-0.1, -0.05) is 12.5 Å². The van der Waals surface area contributed by atoms with Crippen molar-refractivity contribution in [1.82, 2.24) is 9.84 Å². The Kier molecular flexibility index (Phi) is 4.42. The maximum Gasteiger partial charge on any atom is 0.335 e. The van der Waals surface area contributed by atoms with Gasteiger partial charge in [-0.25, -0.2) is 18.2 Å². The summed E-state index contributed by atoms with van der Waals surface area (Å²) in [5, 5.41) is 10.7. The molecule has 2 rings (SSSR count). The third-order valence-electron chi connectivity index (χ3n) is 3.36. The van der Waals surface area contributed by atoms with Crippen molar-refractivity contribution in [1.29, 1.82) is 0 Å². The number of carboxylic acids is 1. The molecule has 0 amide bonds. The van der Waals surface area contributed by atoms with Gasteiger partial charge in [-0.3, -0.25) is 0 Å². The first kappa shape index (κ1) is 15.0. The highest BCUT2D eigenvalue weighted by Gasteiger charge is 2.21. The molecule has 2 N–H and O–H groups in total. The number of hydrazine groups is 1. The maximum absolute atomic E-state index is 12.2. The molecule has 0 bridgehead atoms. The molecule has 0 atom stereocenters. The van der Waals surface area contributed by atoms with Crippen molar-refractivity contribution in [3.63, 3.8) is 0 Å². The number of nitrogens with one attached hydrogen (secondary N) is 1. The number of carboxylic acid groups (broad SMARTS) is 1. The molecule has 110 valence electrons. The Bertz CT molecular complexity index is 607. The zero-order chi connectivity index (χ0) is 14.8.